The molecule has 0 spiro atoms. The molecule has 2 heterocycles. The number of hydrogen-bond donors (Lipinski definition) is 0. The van der Waals surface area contributed by atoms with Gasteiger partial charge in [-0.25, -0.2) is 4.39 Å². The van der Waals surface area contributed by atoms with Crippen molar-refractivity contribution in [2.24, 2.45) is 0 Å². The summed E-state index contributed by atoms with van der Waals surface area (Å²) in [5, 5.41) is 0. The van der Waals surface area contributed by atoms with E-state index in [2.05, 4.69) is 4.98 Å². The predicted octanol–water partition coefficient (Wildman–Crippen LogP) is 3.16. The number of thiazole rings is 1. The van der Waals surface area contributed by atoms with Crippen molar-refractivity contribution < 1.29 is 18.4 Å². The topological polar surface area (TPSA) is 40.6 Å². The van der Waals surface area contributed by atoms with Gasteiger partial charge in [0.05, 0.1) is 21.6 Å². The molecule has 0 radical (unpaired) electrons. The van der Waals surface area contributed by atoms with Gasteiger partial charge in [-0.15, -0.1) is 11.3 Å². The molecule has 122 valence electrons. The van der Waals surface area contributed by atoms with Crippen LogP contribution in [0.3, 0.4) is 0 Å². The van der Waals surface area contributed by atoms with E-state index in [1.807, 2.05) is 27.7 Å². The normalized spacial score (nSPS) is 19.1. The van der Waals surface area contributed by atoms with Gasteiger partial charge in [0, 0.05) is 17.7 Å². The summed E-state index contributed by atoms with van der Waals surface area (Å²) in [6, 6.07) is 4.74. The molecule has 0 atom stereocenters. The van der Waals surface area contributed by atoms with E-state index >= 15 is 0 Å². The number of ether oxygens (including phenoxy) is 1. The molecule has 1 aromatic heterocycles. The van der Waals surface area contributed by atoms with Crippen LogP contribution in [0.25, 0.3) is 0 Å². The monoisotopic (exact) mass is 335 g/mol. The van der Waals surface area contributed by atoms with E-state index in [9.17, 15) is 4.39 Å². The average molecular weight is 335 g/mol. The summed E-state index contributed by atoms with van der Waals surface area (Å²) in [5.41, 5.74) is 1.13. The van der Waals surface area contributed by atoms with Crippen molar-refractivity contribution in [2.75, 3.05) is 0 Å². The summed E-state index contributed by atoms with van der Waals surface area (Å²) in [4.78, 5) is 4.96. The molecule has 0 aliphatic carbocycles. The van der Waals surface area contributed by atoms with Gasteiger partial charge < -0.3 is 14.0 Å². The zero-order valence-electron chi connectivity index (χ0n) is 13.6. The lowest BCUT2D eigenvalue weighted by Gasteiger charge is -2.32. The first-order chi connectivity index (χ1) is 10.8. The molecule has 0 unspecified atom stereocenters. The van der Waals surface area contributed by atoms with Crippen LogP contribution in [0, 0.1) is 5.82 Å². The molecular formula is C16H19BFNO3S. The molecule has 0 amide bonds. The number of aromatic nitrogens is 1. The van der Waals surface area contributed by atoms with E-state index < -0.39 is 24.1 Å². The Morgan fingerprint density at radius 1 is 1.22 bits per heavy atom. The molecule has 1 fully saturated rings. The second-order valence-corrected chi connectivity index (χ2v) is 7.50. The fourth-order valence-electron chi connectivity index (χ4n) is 2.23. The average Bonchev–Trinajstić information content (AvgIpc) is 3.03. The van der Waals surface area contributed by atoms with Gasteiger partial charge in [-0.05, 0) is 33.8 Å². The van der Waals surface area contributed by atoms with Gasteiger partial charge in [0.2, 0.25) is 0 Å². The van der Waals surface area contributed by atoms with Gasteiger partial charge in [-0.2, -0.15) is 0 Å². The lowest BCUT2D eigenvalue weighted by molar-refractivity contribution is 0.00578. The number of hydrogen-bond acceptors (Lipinski definition) is 5. The molecule has 1 aliphatic rings. The van der Waals surface area contributed by atoms with E-state index in [0.717, 1.165) is 4.88 Å². The van der Waals surface area contributed by atoms with Crippen LogP contribution in [0.1, 0.15) is 32.6 Å². The Kier molecular flexibility index (Phi) is 4.20. The van der Waals surface area contributed by atoms with Crippen LogP contribution < -0.4 is 10.2 Å². The molecule has 3 rings (SSSR count). The van der Waals surface area contributed by atoms with Crippen molar-refractivity contribution in [3.05, 3.63) is 40.6 Å². The molecule has 1 aromatic carbocycles. The Balaban J connectivity index is 1.73. The second kappa shape index (κ2) is 5.89. The van der Waals surface area contributed by atoms with E-state index in [1.165, 1.54) is 17.4 Å². The number of benzene rings is 1. The maximum absolute atomic E-state index is 14.4. The molecular weight excluding hydrogens is 316 g/mol. The van der Waals surface area contributed by atoms with Gasteiger partial charge in [-0.3, -0.25) is 4.98 Å². The van der Waals surface area contributed by atoms with E-state index in [0.29, 0.717) is 17.8 Å². The number of halogens is 1. The summed E-state index contributed by atoms with van der Waals surface area (Å²) < 4.78 is 31.8. The van der Waals surface area contributed by atoms with Gasteiger partial charge in [0.25, 0.3) is 0 Å². The molecule has 23 heavy (non-hydrogen) atoms. The highest BCUT2D eigenvalue weighted by Crippen LogP contribution is 2.36. The first-order valence-electron chi connectivity index (χ1n) is 7.44. The second-order valence-electron chi connectivity index (χ2n) is 6.53. The third-order valence-corrected chi connectivity index (χ3v) is 5.10. The van der Waals surface area contributed by atoms with Gasteiger partial charge in [-0.1, -0.05) is 6.07 Å². The van der Waals surface area contributed by atoms with Gasteiger partial charge in [0.1, 0.15) is 18.2 Å². The summed E-state index contributed by atoms with van der Waals surface area (Å²) in [7, 11) is -0.712. The SMILES string of the molecule is CC1(C)OB(c2ccc(OCc3cncs3)cc2F)OC1(C)C. The van der Waals surface area contributed by atoms with Crippen LogP contribution in [-0.2, 0) is 15.9 Å². The van der Waals surface area contributed by atoms with Gasteiger partial charge in [0.15, 0.2) is 0 Å². The maximum Gasteiger partial charge on any atom is 0.497 e. The van der Waals surface area contributed by atoms with Crippen molar-refractivity contribution >= 4 is 23.9 Å². The zero-order valence-corrected chi connectivity index (χ0v) is 14.4. The Morgan fingerprint density at radius 3 is 2.48 bits per heavy atom. The minimum atomic E-state index is -0.712. The molecule has 1 saturated heterocycles. The molecule has 0 bridgehead atoms. The number of rotatable bonds is 4. The summed E-state index contributed by atoms with van der Waals surface area (Å²) in [5.74, 6) is 0.0708. The molecule has 1 aliphatic heterocycles. The lowest BCUT2D eigenvalue weighted by Crippen LogP contribution is -2.41. The Morgan fingerprint density at radius 2 is 1.91 bits per heavy atom. The molecule has 4 nitrogen and oxygen atoms in total. The van der Waals surface area contributed by atoms with Crippen molar-refractivity contribution in [1.29, 1.82) is 0 Å². The van der Waals surface area contributed by atoms with Crippen molar-refractivity contribution in [3.63, 3.8) is 0 Å². The molecule has 0 N–H and O–H groups in total. The van der Waals surface area contributed by atoms with E-state index in [-0.39, 0.29) is 0 Å². The Bertz CT molecular complexity index is 675. The van der Waals surface area contributed by atoms with Gasteiger partial charge >= 0.3 is 7.12 Å². The molecule has 0 saturated carbocycles. The number of nitrogens with zero attached hydrogens (tertiary/aromatic N) is 1. The first kappa shape index (κ1) is 16.4. The third-order valence-electron chi connectivity index (χ3n) is 4.34. The lowest BCUT2D eigenvalue weighted by atomic mass is 9.78. The molecule has 2 aromatic rings. The highest BCUT2D eigenvalue weighted by molar-refractivity contribution is 7.09. The third kappa shape index (κ3) is 3.27. The van der Waals surface area contributed by atoms with Crippen LogP contribution in [0.15, 0.2) is 29.9 Å². The van der Waals surface area contributed by atoms with Crippen molar-refractivity contribution in [3.8, 4) is 5.75 Å². The maximum atomic E-state index is 14.4. The van der Waals surface area contributed by atoms with Crippen LogP contribution in [0.4, 0.5) is 4.39 Å². The Hall–Kier alpha value is -1.44. The fraction of sp³-hybridized carbons (Fsp3) is 0.438. The van der Waals surface area contributed by atoms with Crippen LogP contribution in [0.5, 0.6) is 5.75 Å². The van der Waals surface area contributed by atoms with E-state index in [4.69, 9.17) is 14.0 Å². The summed E-state index contributed by atoms with van der Waals surface area (Å²) in [6.45, 7) is 8.14. The van der Waals surface area contributed by atoms with E-state index in [1.54, 1.807) is 23.8 Å². The van der Waals surface area contributed by atoms with Crippen molar-refractivity contribution in [1.82, 2.24) is 4.98 Å². The highest BCUT2D eigenvalue weighted by atomic mass is 32.1. The quantitative estimate of drug-likeness (QED) is 0.805. The Labute approximate surface area is 139 Å². The van der Waals surface area contributed by atoms with Crippen LogP contribution in [0.2, 0.25) is 0 Å². The van der Waals surface area contributed by atoms with Crippen LogP contribution >= 0.6 is 11.3 Å². The zero-order chi connectivity index (χ0) is 16.7. The smallest absolute Gasteiger partial charge is 0.488 e. The summed E-state index contributed by atoms with van der Waals surface area (Å²) in [6.07, 6.45) is 1.74. The van der Waals surface area contributed by atoms with Crippen molar-refractivity contribution in [2.45, 2.75) is 45.5 Å². The van der Waals surface area contributed by atoms with Crippen LogP contribution in [-0.4, -0.2) is 23.3 Å². The first-order valence-corrected chi connectivity index (χ1v) is 8.32. The highest BCUT2D eigenvalue weighted by Gasteiger charge is 2.52. The standard InChI is InChI=1S/C16H19BFNO3S/c1-15(2)16(3,4)22-17(21-15)13-6-5-11(7-14(13)18)20-9-12-8-19-10-23-12/h5-8,10H,9H2,1-4H3. The minimum Gasteiger partial charge on any atom is -0.488 e. The minimum absolute atomic E-state index is 0.375. The molecule has 7 heteroatoms. The summed E-state index contributed by atoms with van der Waals surface area (Å²) >= 11 is 1.50. The fourth-order valence-corrected chi connectivity index (χ4v) is 2.73. The predicted molar refractivity (Wildman–Crippen MR) is 88.6 cm³/mol. The largest absolute Gasteiger partial charge is 0.497 e.